The van der Waals surface area contributed by atoms with E-state index in [2.05, 4.69) is 15.3 Å². The van der Waals surface area contributed by atoms with Gasteiger partial charge in [-0.15, -0.1) is 0 Å². The molecule has 2 aromatic rings. The van der Waals surface area contributed by atoms with Crippen LogP contribution in [0.15, 0.2) is 42.9 Å². The van der Waals surface area contributed by atoms with Crippen LogP contribution in [0, 0.1) is 6.92 Å². The number of nitrogens with one attached hydrogen (secondary N) is 1. The van der Waals surface area contributed by atoms with Crippen molar-refractivity contribution in [3.63, 3.8) is 0 Å². The van der Waals surface area contributed by atoms with Crippen LogP contribution in [0.25, 0.3) is 0 Å². The number of anilines is 1. The summed E-state index contributed by atoms with van der Waals surface area (Å²) in [5.74, 6) is -0.0522. The topological polar surface area (TPSA) is 54.9 Å². The number of carbonyl (C=O) groups excluding carboxylic acids is 1. The largest absolute Gasteiger partial charge is 0.326 e. The summed E-state index contributed by atoms with van der Waals surface area (Å²) in [6, 6.07) is 7.30. The van der Waals surface area contributed by atoms with E-state index in [1.807, 2.05) is 25.1 Å². The lowest BCUT2D eigenvalue weighted by Gasteiger charge is -2.05. The molecule has 1 N–H and O–H groups in total. The van der Waals surface area contributed by atoms with E-state index in [0.717, 1.165) is 16.9 Å². The molecule has 0 aliphatic heterocycles. The molecule has 0 radical (unpaired) electrons. The maximum Gasteiger partial charge on any atom is 0.228 e. The summed E-state index contributed by atoms with van der Waals surface area (Å²) in [5, 5.41) is 2.82. The van der Waals surface area contributed by atoms with E-state index in [9.17, 15) is 4.79 Å². The quantitative estimate of drug-likeness (QED) is 0.872. The Labute approximate surface area is 99.7 Å². The maximum atomic E-state index is 11.7. The summed E-state index contributed by atoms with van der Waals surface area (Å²) >= 11 is 0. The van der Waals surface area contributed by atoms with E-state index in [4.69, 9.17) is 0 Å². The second-order valence-electron chi connectivity index (χ2n) is 3.77. The van der Waals surface area contributed by atoms with E-state index < -0.39 is 0 Å². The van der Waals surface area contributed by atoms with Crippen LogP contribution < -0.4 is 5.32 Å². The van der Waals surface area contributed by atoms with Crippen molar-refractivity contribution in [3.8, 4) is 0 Å². The molecule has 2 aromatic heterocycles. The lowest BCUT2D eigenvalue weighted by Crippen LogP contribution is -2.14. The molecule has 0 aliphatic rings. The fraction of sp³-hybridized carbons (Fsp3) is 0.154. The van der Waals surface area contributed by atoms with Gasteiger partial charge in [-0.3, -0.25) is 14.8 Å². The smallest absolute Gasteiger partial charge is 0.228 e. The summed E-state index contributed by atoms with van der Waals surface area (Å²) in [5.41, 5.74) is 2.55. The van der Waals surface area contributed by atoms with Gasteiger partial charge in [0, 0.05) is 30.0 Å². The van der Waals surface area contributed by atoms with Crippen LogP contribution in [0.3, 0.4) is 0 Å². The Balaban J connectivity index is 1.98. The van der Waals surface area contributed by atoms with Crippen LogP contribution in [-0.4, -0.2) is 15.9 Å². The molecule has 0 atom stereocenters. The van der Waals surface area contributed by atoms with Gasteiger partial charge in [-0.05, 0) is 30.7 Å². The van der Waals surface area contributed by atoms with Gasteiger partial charge in [0.2, 0.25) is 5.91 Å². The van der Waals surface area contributed by atoms with Gasteiger partial charge in [-0.25, -0.2) is 0 Å². The zero-order valence-electron chi connectivity index (χ0n) is 9.55. The molecule has 4 heteroatoms. The number of carbonyl (C=O) groups is 1. The highest BCUT2D eigenvalue weighted by molar-refractivity contribution is 5.92. The highest BCUT2D eigenvalue weighted by Crippen LogP contribution is 2.08. The van der Waals surface area contributed by atoms with Crippen molar-refractivity contribution in [2.24, 2.45) is 0 Å². The molecule has 0 fully saturated rings. The van der Waals surface area contributed by atoms with Crippen molar-refractivity contribution >= 4 is 11.6 Å². The molecule has 1 amide bonds. The van der Waals surface area contributed by atoms with Gasteiger partial charge in [0.25, 0.3) is 0 Å². The molecule has 86 valence electrons. The van der Waals surface area contributed by atoms with Crippen molar-refractivity contribution in [1.82, 2.24) is 9.97 Å². The average Bonchev–Trinajstić information content (AvgIpc) is 2.30. The Morgan fingerprint density at radius 1 is 1.35 bits per heavy atom. The normalized spacial score (nSPS) is 9.94. The zero-order chi connectivity index (χ0) is 12.1. The minimum absolute atomic E-state index is 0.0522. The summed E-state index contributed by atoms with van der Waals surface area (Å²) in [7, 11) is 0. The number of hydrogen-bond acceptors (Lipinski definition) is 3. The predicted octanol–water partition coefficient (Wildman–Crippen LogP) is 1.97. The first-order valence-electron chi connectivity index (χ1n) is 5.35. The summed E-state index contributed by atoms with van der Waals surface area (Å²) in [6.07, 6.45) is 5.38. The zero-order valence-corrected chi connectivity index (χ0v) is 9.55. The molecule has 0 unspecified atom stereocenters. The molecule has 4 nitrogen and oxygen atoms in total. The van der Waals surface area contributed by atoms with Crippen LogP contribution in [0.1, 0.15) is 11.3 Å². The molecule has 0 spiro atoms. The molecule has 0 bridgehead atoms. The standard InChI is InChI=1S/C13H13N3O/c1-10-7-12(4-6-15-10)16-13(17)8-11-3-2-5-14-9-11/h2-7,9H,8H2,1H3,(H,15,16,17). The Morgan fingerprint density at radius 2 is 2.24 bits per heavy atom. The Hall–Kier alpha value is -2.23. The van der Waals surface area contributed by atoms with E-state index in [-0.39, 0.29) is 5.91 Å². The molecule has 2 heterocycles. The molecule has 17 heavy (non-hydrogen) atoms. The number of amides is 1. The predicted molar refractivity (Wildman–Crippen MR) is 65.5 cm³/mol. The lowest BCUT2D eigenvalue weighted by molar-refractivity contribution is -0.115. The van der Waals surface area contributed by atoms with Gasteiger partial charge in [0.1, 0.15) is 0 Å². The van der Waals surface area contributed by atoms with E-state index in [1.54, 1.807) is 24.7 Å². The third kappa shape index (κ3) is 3.38. The highest BCUT2D eigenvalue weighted by atomic mass is 16.1. The van der Waals surface area contributed by atoms with Crippen LogP contribution >= 0.6 is 0 Å². The first kappa shape index (κ1) is 11.3. The molecule has 0 saturated carbocycles. The summed E-state index contributed by atoms with van der Waals surface area (Å²) in [6.45, 7) is 1.89. The van der Waals surface area contributed by atoms with Gasteiger partial charge < -0.3 is 5.32 Å². The second kappa shape index (κ2) is 5.21. The Bertz CT molecular complexity index is 511. The van der Waals surface area contributed by atoms with Crippen LogP contribution in [0.2, 0.25) is 0 Å². The van der Waals surface area contributed by atoms with Crippen LogP contribution in [0.4, 0.5) is 5.69 Å². The van der Waals surface area contributed by atoms with Crippen molar-refractivity contribution in [2.75, 3.05) is 5.32 Å². The summed E-state index contributed by atoms with van der Waals surface area (Å²) in [4.78, 5) is 19.8. The lowest BCUT2D eigenvalue weighted by atomic mass is 10.2. The molecular weight excluding hydrogens is 214 g/mol. The number of aryl methyl sites for hydroxylation is 1. The van der Waals surface area contributed by atoms with Crippen molar-refractivity contribution < 1.29 is 4.79 Å². The summed E-state index contributed by atoms with van der Waals surface area (Å²) < 4.78 is 0. The Kier molecular flexibility index (Phi) is 3.45. The first-order valence-corrected chi connectivity index (χ1v) is 5.35. The van der Waals surface area contributed by atoms with Crippen molar-refractivity contribution in [2.45, 2.75) is 13.3 Å². The molecule has 0 saturated heterocycles. The van der Waals surface area contributed by atoms with Crippen LogP contribution in [-0.2, 0) is 11.2 Å². The first-order chi connectivity index (χ1) is 8.24. The molecular formula is C13H13N3O. The number of nitrogens with zero attached hydrogens (tertiary/aromatic N) is 2. The number of aromatic nitrogens is 2. The number of rotatable bonds is 3. The fourth-order valence-corrected chi connectivity index (χ4v) is 1.52. The SMILES string of the molecule is Cc1cc(NC(=O)Cc2cccnc2)ccn1. The monoisotopic (exact) mass is 227 g/mol. The third-order valence-electron chi connectivity index (χ3n) is 2.27. The molecule has 0 aromatic carbocycles. The average molecular weight is 227 g/mol. The molecule has 2 rings (SSSR count). The Morgan fingerprint density at radius 3 is 2.94 bits per heavy atom. The van der Waals surface area contributed by atoms with Gasteiger partial charge in [-0.2, -0.15) is 0 Å². The highest BCUT2D eigenvalue weighted by Gasteiger charge is 2.04. The van der Waals surface area contributed by atoms with Gasteiger partial charge in [-0.1, -0.05) is 6.07 Å². The third-order valence-corrected chi connectivity index (χ3v) is 2.27. The van der Waals surface area contributed by atoms with Crippen molar-refractivity contribution in [1.29, 1.82) is 0 Å². The minimum atomic E-state index is -0.0522. The van der Waals surface area contributed by atoms with Crippen molar-refractivity contribution in [3.05, 3.63) is 54.1 Å². The van der Waals surface area contributed by atoms with E-state index in [1.165, 1.54) is 0 Å². The van der Waals surface area contributed by atoms with Gasteiger partial charge in [0.05, 0.1) is 6.42 Å². The van der Waals surface area contributed by atoms with E-state index in [0.29, 0.717) is 6.42 Å². The minimum Gasteiger partial charge on any atom is -0.326 e. The maximum absolute atomic E-state index is 11.7. The second-order valence-corrected chi connectivity index (χ2v) is 3.77. The van der Waals surface area contributed by atoms with Crippen LogP contribution in [0.5, 0.6) is 0 Å². The number of hydrogen-bond donors (Lipinski definition) is 1. The molecule has 0 aliphatic carbocycles. The number of pyridine rings is 2. The van der Waals surface area contributed by atoms with Gasteiger partial charge >= 0.3 is 0 Å². The van der Waals surface area contributed by atoms with Gasteiger partial charge in [0.15, 0.2) is 0 Å². The van der Waals surface area contributed by atoms with E-state index >= 15 is 0 Å². The fourth-order valence-electron chi connectivity index (χ4n) is 1.52.